The van der Waals surface area contributed by atoms with Gasteiger partial charge in [0.2, 0.25) is 0 Å². The fourth-order valence-corrected chi connectivity index (χ4v) is 7.92. The predicted octanol–water partition coefficient (Wildman–Crippen LogP) is 10.2. The van der Waals surface area contributed by atoms with Gasteiger partial charge in [-0.15, -0.1) is 0 Å². The van der Waals surface area contributed by atoms with Gasteiger partial charge in [0.1, 0.15) is 36.4 Å². The largest absolute Gasteiger partial charge is 0.472 e. The molecule has 0 fully saturated rings. The molecule has 0 saturated heterocycles. The van der Waals surface area contributed by atoms with E-state index in [1.165, 1.54) is 127 Å². The Balaban J connectivity index is 1.53. The van der Waals surface area contributed by atoms with Crippen LogP contribution in [0.4, 0.5) is 10.2 Å². The van der Waals surface area contributed by atoms with Crippen molar-refractivity contribution < 1.29 is 42.2 Å². The molecule has 2 aromatic heterocycles. The zero-order valence-corrected chi connectivity index (χ0v) is 37.1. The van der Waals surface area contributed by atoms with Crippen LogP contribution < -0.4 is 5.73 Å². The summed E-state index contributed by atoms with van der Waals surface area (Å²) in [6, 6.07) is 11.2. The highest BCUT2D eigenvalue weighted by Gasteiger charge is 2.40. The van der Waals surface area contributed by atoms with E-state index in [0.29, 0.717) is 23.2 Å². The molecule has 1 unspecified atom stereocenters. The van der Waals surface area contributed by atoms with Gasteiger partial charge in [0.15, 0.2) is 17.2 Å². The van der Waals surface area contributed by atoms with Gasteiger partial charge in [-0.1, -0.05) is 116 Å². The summed E-state index contributed by atoms with van der Waals surface area (Å²) in [6.45, 7) is 4.00. The summed E-state index contributed by atoms with van der Waals surface area (Å²) >= 11 is 0. The quantitative estimate of drug-likeness (QED) is 0.0296. The number of anilines is 1. The number of aliphatic hydroxyl groups is 1. The van der Waals surface area contributed by atoms with Crippen LogP contribution in [0.1, 0.15) is 166 Å². The summed E-state index contributed by atoms with van der Waals surface area (Å²) in [7, 11) is -3.55. The molecule has 0 amide bonds. The van der Waals surface area contributed by atoms with Crippen molar-refractivity contribution in [2.45, 2.75) is 173 Å². The van der Waals surface area contributed by atoms with Crippen LogP contribution in [0.5, 0.6) is 0 Å². The second-order valence-electron chi connectivity index (χ2n) is 16.1. The standard InChI is InChI=1S/C44H68FN6O8P/c1-5-6-7-8-9-10-11-12-13-14-15-16-17-18-19-20-21-22-38(56-30-36-25-35(29-46)26-37(45)27-36)31-57-60(53,54)58-33-44(32-47,55-4)28-41(59-43(2,3)52)39-23-24-40-42(48)49-34-50-51(39)40/h23-27,34,38,41,52H,5-22,28,30-31,33H2,1-4H3,(H,53,54)(H2,48,49,50)/t38-,41-,44-/m1/s1. The Morgan fingerprint density at radius 1 is 0.917 bits per heavy atom. The normalized spacial score (nSPS) is 14.9. The first-order valence-corrected chi connectivity index (χ1v) is 23.1. The topological polar surface area (TPSA) is 207 Å². The molecule has 0 radical (unpaired) electrons. The van der Waals surface area contributed by atoms with E-state index in [-0.39, 0.29) is 31.0 Å². The third-order valence-corrected chi connectivity index (χ3v) is 11.4. The number of nitriles is 2. The maximum Gasteiger partial charge on any atom is 0.472 e. The second kappa shape index (κ2) is 26.8. The van der Waals surface area contributed by atoms with Crippen molar-refractivity contribution in [1.82, 2.24) is 14.6 Å². The summed E-state index contributed by atoms with van der Waals surface area (Å²) in [5.74, 6) is -2.03. The molecule has 1 aromatic carbocycles. The first kappa shape index (κ1) is 50.9. The Morgan fingerprint density at radius 2 is 1.52 bits per heavy atom. The van der Waals surface area contributed by atoms with Crippen molar-refractivity contribution in [1.29, 1.82) is 10.5 Å². The minimum absolute atomic E-state index is 0.0508. The molecule has 0 aliphatic carbocycles. The van der Waals surface area contributed by atoms with Crippen molar-refractivity contribution in [3.8, 4) is 12.1 Å². The van der Waals surface area contributed by atoms with Crippen molar-refractivity contribution in [3.05, 3.63) is 59.3 Å². The molecule has 0 aliphatic heterocycles. The zero-order valence-electron chi connectivity index (χ0n) is 36.2. The Labute approximate surface area is 356 Å². The molecule has 2 heterocycles. The number of halogens is 1. The molecule has 334 valence electrons. The van der Waals surface area contributed by atoms with E-state index < -0.39 is 43.8 Å². The van der Waals surface area contributed by atoms with Gasteiger partial charge < -0.3 is 29.9 Å². The molecule has 0 aliphatic rings. The number of nitrogens with zero attached hydrogens (tertiary/aromatic N) is 5. The summed E-state index contributed by atoms with van der Waals surface area (Å²) < 4.78 is 57.2. The average molecular weight is 859 g/mol. The van der Waals surface area contributed by atoms with Crippen molar-refractivity contribution >= 4 is 19.2 Å². The van der Waals surface area contributed by atoms with E-state index in [1.807, 2.05) is 12.1 Å². The van der Waals surface area contributed by atoms with Gasteiger partial charge in [-0.3, -0.25) is 9.05 Å². The van der Waals surface area contributed by atoms with E-state index in [0.717, 1.165) is 31.7 Å². The number of methoxy groups -OCH3 is 1. The lowest BCUT2D eigenvalue weighted by Gasteiger charge is -2.32. The Hall–Kier alpha value is -3.50. The van der Waals surface area contributed by atoms with Gasteiger partial charge in [0.05, 0.1) is 36.6 Å². The first-order valence-electron chi connectivity index (χ1n) is 21.6. The molecule has 16 heteroatoms. The van der Waals surface area contributed by atoms with Gasteiger partial charge in [-0.05, 0) is 56.2 Å². The van der Waals surface area contributed by atoms with Crippen LogP contribution in [0, 0.1) is 28.5 Å². The number of fused-ring (bicyclic) bond motifs is 1. The van der Waals surface area contributed by atoms with Crippen LogP contribution in [-0.2, 0) is 34.4 Å². The number of ether oxygens (including phenoxy) is 3. The van der Waals surface area contributed by atoms with E-state index in [1.54, 1.807) is 12.1 Å². The highest BCUT2D eigenvalue weighted by atomic mass is 31.2. The minimum Gasteiger partial charge on any atom is -0.382 e. The lowest BCUT2D eigenvalue weighted by Crippen LogP contribution is -2.39. The third-order valence-electron chi connectivity index (χ3n) is 10.5. The number of rotatable bonds is 33. The third kappa shape index (κ3) is 19.0. The molecule has 4 N–H and O–H groups in total. The Morgan fingerprint density at radius 3 is 2.07 bits per heavy atom. The zero-order chi connectivity index (χ0) is 43.9. The maximum absolute atomic E-state index is 14.2. The number of hydrogen-bond donors (Lipinski definition) is 3. The fraction of sp³-hybridized carbons (Fsp3) is 0.682. The molecule has 14 nitrogen and oxygen atoms in total. The van der Waals surface area contributed by atoms with E-state index in [2.05, 4.69) is 17.0 Å². The second-order valence-corrected chi connectivity index (χ2v) is 17.6. The molecule has 60 heavy (non-hydrogen) atoms. The molecule has 0 spiro atoms. The minimum atomic E-state index is -4.80. The number of nitrogen functional groups attached to an aromatic ring is 1. The summed E-state index contributed by atoms with van der Waals surface area (Å²) in [5.41, 5.74) is 5.63. The number of aromatic nitrogens is 3. The van der Waals surface area contributed by atoms with Crippen molar-refractivity contribution in [2.75, 3.05) is 26.1 Å². The monoisotopic (exact) mass is 858 g/mol. The van der Waals surface area contributed by atoms with Crippen LogP contribution in [0.2, 0.25) is 0 Å². The SMILES string of the molecule is CCCCCCCCCCCCCCCCCCC[C@H](COP(=O)(O)OC[C@](C#N)(C[C@@H](OC(C)(C)O)c1ccc2c(N)ncnn12)OC)OCc1cc(F)cc(C#N)c1. The summed E-state index contributed by atoms with van der Waals surface area (Å²) in [4.78, 5) is 14.8. The molecular weight excluding hydrogens is 790 g/mol. The van der Waals surface area contributed by atoms with Crippen LogP contribution in [0.15, 0.2) is 36.7 Å². The molecule has 0 bridgehead atoms. The van der Waals surface area contributed by atoms with E-state index >= 15 is 0 Å². The van der Waals surface area contributed by atoms with E-state index in [4.69, 9.17) is 29.0 Å². The maximum atomic E-state index is 14.2. The predicted molar refractivity (Wildman–Crippen MR) is 228 cm³/mol. The highest BCUT2D eigenvalue weighted by Crippen LogP contribution is 2.46. The molecule has 4 atom stereocenters. The number of phosphoric acid groups is 1. The smallest absolute Gasteiger partial charge is 0.382 e. The number of benzene rings is 1. The van der Waals surface area contributed by atoms with Crippen molar-refractivity contribution in [3.63, 3.8) is 0 Å². The van der Waals surface area contributed by atoms with Gasteiger partial charge in [0.25, 0.3) is 0 Å². The number of nitrogens with two attached hydrogens (primary N) is 1. The molecular formula is C44H68FN6O8P. The molecule has 3 aromatic rings. The van der Waals surface area contributed by atoms with Gasteiger partial charge in [0, 0.05) is 13.5 Å². The Kier molecular flexibility index (Phi) is 22.7. The van der Waals surface area contributed by atoms with Crippen LogP contribution in [0.25, 0.3) is 5.52 Å². The average Bonchev–Trinajstić information content (AvgIpc) is 3.66. The van der Waals surface area contributed by atoms with Crippen molar-refractivity contribution in [2.24, 2.45) is 0 Å². The molecule has 0 saturated carbocycles. The van der Waals surface area contributed by atoms with Crippen LogP contribution in [-0.4, -0.2) is 62.4 Å². The summed E-state index contributed by atoms with van der Waals surface area (Å²) in [6.07, 6.45) is 20.8. The number of phosphoric ester groups is 1. The molecule has 3 rings (SSSR count). The first-order chi connectivity index (χ1) is 28.7. The Bertz CT molecular complexity index is 1830. The summed E-state index contributed by atoms with van der Waals surface area (Å²) in [5, 5.41) is 34.4. The lowest BCUT2D eigenvalue weighted by molar-refractivity contribution is -0.219. The van der Waals surface area contributed by atoms with Gasteiger partial charge in [-0.25, -0.2) is 18.5 Å². The van der Waals surface area contributed by atoms with Gasteiger partial charge >= 0.3 is 7.82 Å². The fourth-order valence-electron chi connectivity index (χ4n) is 7.12. The van der Waals surface area contributed by atoms with Crippen LogP contribution in [0.3, 0.4) is 0 Å². The number of hydrogen-bond acceptors (Lipinski definition) is 12. The highest BCUT2D eigenvalue weighted by molar-refractivity contribution is 7.47. The van der Waals surface area contributed by atoms with E-state index in [9.17, 15) is 29.5 Å². The number of unbranched alkanes of at least 4 members (excludes halogenated alkanes) is 16. The van der Waals surface area contributed by atoms with Crippen LogP contribution >= 0.6 is 7.82 Å². The lowest BCUT2D eigenvalue weighted by atomic mass is 9.96. The van der Waals surface area contributed by atoms with Gasteiger partial charge in [-0.2, -0.15) is 15.6 Å².